The molecular formula is C19H21N3O2S3. The second kappa shape index (κ2) is 9.43. The van der Waals surface area contributed by atoms with Gasteiger partial charge in [-0.15, -0.1) is 11.3 Å². The molecular weight excluding hydrogens is 398 g/mol. The van der Waals surface area contributed by atoms with Gasteiger partial charge in [0, 0.05) is 29.6 Å². The first-order valence-electron chi connectivity index (χ1n) is 8.82. The highest BCUT2D eigenvalue weighted by molar-refractivity contribution is 8.23. The van der Waals surface area contributed by atoms with Gasteiger partial charge in [0.2, 0.25) is 11.8 Å². The Morgan fingerprint density at radius 1 is 1.26 bits per heavy atom. The van der Waals surface area contributed by atoms with Crippen molar-refractivity contribution in [3.8, 4) is 11.3 Å². The van der Waals surface area contributed by atoms with Gasteiger partial charge in [0.1, 0.15) is 4.32 Å². The lowest BCUT2D eigenvalue weighted by Crippen LogP contribution is -2.29. The molecule has 1 aliphatic heterocycles. The van der Waals surface area contributed by atoms with Crippen LogP contribution in [0.15, 0.2) is 29.6 Å². The van der Waals surface area contributed by atoms with Crippen LogP contribution in [0.3, 0.4) is 0 Å². The Kier molecular flexibility index (Phi) is 6.98. The lowest BCUT2D eigenvalue weighted by atomic mass is 10.1. The molecule has 3 rings (SSSR count). The zero-order valence-electron chi connectivity index (χ0n) is 15.1. The van der Waals surface area contributed by atoms with Crippen LogP contribution in [-0.2, 0) is 9.59 Å². The summed E-state index contributed by atoms with van der Waals surface area (Å²) in [5.41, 5.74) is 2.80. The summed E-state index contributed by atoms with van der Waals surface area (Å²) in [4.78, 5) is 29.8. The number of aromatic nitrogens is 1. The topological polar surface area (TPSA) is 62.3 Å². The average molecular weight is 420 g/mol. The highest BCUT2D eigenvalue weighted by atomic mass is 32.2. The van der Waals surface area contributed by atoms with Crippen molar-refractivity contribution in [2.75, 3.05) is 17.6 Å². The largest absolute Gasteiger partial charge is 0.326 e. The summed E-state index contributed by atoms with van der Waals surface area (Å²) in [5, 5.41) is 6.00. The predicted molar refractivity (Wildman–Crippen MR) is 116 cm³/mol. The molecule has 2 heterocycles. The fourth-order valence-electron chi connectivity index (χ4n) is 2.77. The van der Waals surface area contributed by atoms with E-state index in [0.29, 0.717) is 23.0 Å². The van der Waals surface area contributed by atoms with E-state index < -0.39 is 0 Å². The molecule has 1 aromatic heterocycles. The highest BCUT2D eigenvalue weighted by Crippen LogP contribution is 2.23. The predicted octanol–water partition coefficient (Wildman–Crippen LogP) is 4.48. The summed E-state index contributed by atoms with van der Waals surface area (Å²) in [6, 6.07) is 7.75. The van der Waals surface area contributed by atoms with Gasteiger partial charge in [-0.25, -0.2) is 4.98 Å². The van der Waals surface area contributed by atoms with E-state index >= 15 is 0 Å². The minimum Gasteiger partial charge on any atom is -0.326 e. The molecule has 0 aliphatic carbocycles. The van der Waals surface area contributed by atoms with Crippen molar-refractivity contribution in [3.63, 3.8) is 0 Å². The maximum atomic E-state index is 12.1. The maximum Gasteiger partial charge on any atom is 0.238 e. The SMILES string of the molecule is Cc1nc(-c2ccc(NC(=O)CCCCCN3C(=O)CSC3=S)cc2)cs1. The molecule has 1 saturated heterocycles. The number of benzene rings is 1. The number of amides is 2. The maximum absolute atomic E-state index is 12.1. The highest BCUT2D eigenvalue weighted by Gasteiger charge is 2.25. The molecule has 0 spiro atoms. The van der Waals surface area contributed by atoms with Crippen LogP contribution in [0.25, 0.3) is 11.3 Å². The molecule has 2 amide bonds. The van der Waals surface area contributed by atoms with Gasteiger partial charge in [-0.2, -0.15) is 0 Å². The number of carbonyl (C=O) groups is 2. The van der Waals surface area contributed by atoms with Crippen LogP contribution in [0.2, 0.25) is 0 Å². The zero-order chi connectivity index (χ0) is 19.2. The number of nitrogens with zero attached hydrogens (tertiary/aromatic N) is 2. The summed E-state index contributed by atoms with van der Waals surface area (Å²) >= 11 is 8.20. The number of nitrogens with one attached hydrogen (secondary N) is 1. The van der Waals surface area contributed by atoms with Crippen LogP contribution in [-0.4, -0.2) is 38.3 Å². The molecule has 0 atom stereocenters. The van der Waals surface area contributed by atoms with Crippen LogP contribution < -0.4 is 5.32 Å². The number of rotatable bonds is 8. The van der Waals surface area contributed by atoms with Crippen LogP contribution >= 0.6 is 35.3 Å². The summed E-state index contributed by atoms with van der Waals surface area (Å²) < 4.78 is 0.675. The molecule has 0 unspecified atom stereocenters. The third-order valence-electron chi connectivity index (χ3n) is 4.21. The van der Waals surface area contributed by atoms with Crippen molar-refractivity contribution in [2.45, 2.75) is 32.6 Å². The first-order valence-corrected chi connectivity index (χ1v) is 11.1. The molecule has 0 bridgehead atoms. The van der Waals surface area contributed by atoms with E-state index in [-0.39, 0.29) is 11.8 Å². The van der Waals surface area contributed by atoms with E-state index in [2.05, 4.69) is 10.3 Å². The van der Waals surface area contributed by atoms with Gasteiger partial charge in [0.05, 0.1) is 16.5 Å². The first-order chi connectivity index (χ1) is 13.0. The standard InChI is InChI=1S/C19H21N3O2S3/c1-13-20-16(11-26-13)14-6-8-15(9-7-14)21-17(23)5-3-2-4-10-22-18(24)12-27-19(22)25/h6-9,11H,2-5,10,12H2,1H3,(H,21,23). The van der Waals surface area contributed by atoms with Gasteiger partial charge in [-0.3, -0.25) is 14.5 Å². The van der Waals surface area contributed by atoms with Crippen LogP contribution in [0, 0.1) is 6.92 Å². The number of carbonyl (C=O) groups excluding carboxylic acids is 2. The minimum atomic E-state index is 0.00979. The second-order valence-electron chi connectivity index (χ2n) is 6.29. The molecule has 1 N–H and O–H groups in total. The number of hydrogen-bond acceptors (Lipinski definition) is 6. The fraction of sp³-hybridized carbons (Fsp3) is 0.368. The van der Waals surface area contributed by atoms with Crippen LogP contribution in [0.4, 0.5) is 5.69 Å². The van der Waals surface area contributed by atoms with Gasteiger partial charge in [-0.1, -0.05) is 42.5 Å². The van der Waals surface area contributed by atoms with Crippen molar-refractivity contribution in [3.05, 3.63) is 34.7 Å². The van der Waals surface area contributed by atoms with E-state index in [1.54, 1.807) is 16.2 Å². The quantitative estimate of drug-likeness (QED) is 0.505. The lowest BCUT2D eigenvalue weighted by molar-refractivity contribution is -0.124. The van der Waals surface area contributed by atoms with Gasteiger partial charge < -0.3 is 5.32 Å². The number of anilines is 1. The number of thioether (sulfide) groups is 1. The molecule has 142 valence electrons. The van der Waals surface area contributed by atoms with Gasteiger partial charge >= 0.3 is 0 Å². The number of hydrogen-bond donors (Lipinski definition) is 1. The van der Waals surface area contributed by atoms with Crippen molar-refractivity contribution < 1.29 is 9.59 Å². The molecule has 0 radical (unpaired) electrons. The second-order valence-corrected chi connectivity index (χ2v) is 8.96. The van der Waals surface area contributed by atoms with E-state index in [0.717, 1.165) is 41.2 Å². The van der Waals surface area contributed by atoms with E-state index in [4.69, 9.17) is 12.2 Å². The Labute approximate surface area is 172 Å². The third-order valence-corrected chi connectivity index (χ3v) is 6.42. The summed E-state index contributed by atoms with van der Waals surface area (Å²) in [6.07, 6.45) is 3.03. The normalized spacial score (nSPS) is 14.0. The monoisotopic (exact) mass is 419 g/mol. The molecule has 5 nitrogen and oxygen atoms in total. The first kappa shape index (κ1) is 20.0. The van der Waals surface area contributed by atoms with Gasteiger partial charge in [0.25, 0.3) is 0 Å². The van der Waals surface area contributed by atoms with Gasteiger partial charge in [0.15, 0.2) is 0 Å². The lowest BCUT2D eigenvalue weighted by Gasteiger charge is -2.14. The fourth-order valence-corrected chi connectivity index (χ4v) is 4.52. The molecule has 27 heavy (non-hydrogen) atoms. The summed E-state index contributed by atoms with van der Waals surface area (Å²) in [6.45, 7) is 2.64. The average Bonchev–Trinajstić information content (AvgIpc) is 3.22. The number of thiocarbonyl (C=S) groups is 1. The number of unbranched alkanes of at least 4 members (excludes halogenated alkanes) is 2. The Hall–Kier alpha value is -1.77. The zero-order valence-corrected chi connectivity index (χ0v) is 17.5. The Morgan fingerprint density at radius 3 is 2.67 bits per heavy atom. The van der Waals surface area contributed by atoms with Crippen molar-refractivity contribution >= 4 is 57.1 Å². The molecule has 1 aromatic carbocycles. The van der Waals surface area contributed by atoms with Crippen molar-refractivity contribution in [1.82, 2.24) is 9.88 Å². The van der Waals surface area contributed by atoms with Crippen LogP contribution in [0.1, 0.15) is 30.7 Å². The Morgan fingerprint density at radius 2 is 2.04 bits per heavy atom. The molecule has 8 heteroatoms. The van der Waals surface area contributed by atoms with E-state index in [9.17, 15) is 9.59 Å². The van der Waals surface area contributed by atoms with E-state index in [1.165, 1.54) is 11.8 Å². The van der Waals surface area contributed by atoms with Crippen molar-refractivity contribution in [1.29, 1.82) is 0 Å². The third kappa shape index (κ3) is 5.60. The molecule has 2 aromatic rings. The Bertz CT molecular complexity index is 817. The number of aryl methyl sites for hydroxylation is 1. The Balaban J connectivity index is 1.37. The van der Waals surface area contributed by atoms with Gasteiger partial charge in [-0.05, 0) is 31.9 Å². The summed E-state index contributed by atoms with van der Waals surface area (Å²) in [5.74, 6) is 0.567. The molecule has 0 saturated carbocycles. The number of thiazole rings is 1. The molecule has 1 aliphatic rings. The van der Waals surface area contributed by atoms with Crippen molar-refractivity contribution in [2.24, 2.45) is 0 Å². The minimum absolute atomic E-state index is 0.00979. The smallest absolute Gasteiger partial charge is 0.238 e. The molecule has 1 fully saturated rings. The van der Waals surface area contributed by atoms with E-state index in [1.807, 2.05) is 36.6 Å². The summed E-state index contributed by atoms with van der Waals surface area (Å²) in [7, 11) is 0. The van der Waals surface area contributed by atoms with Crippen LogP contribution in [0.5, 0.6) is 0 Å².